The number of hydrogen-bond acceptors (Lipinski definition) is 6. The van der Waals surface area contributed by atoms with Gasteiger partial charge in [0.15, 0.2) is 5.60 Å². The lowest BCUT2D eigenvalue weighted by Gasteiger charge is -2.18. The number of hydrogen-bond donors (Lipinski definition) is 6. The highest BCUT2D eigenvalue weighted by Gasteiger charge is 2.40. The maximum atomic E-state index is 10.3. The molecule has 9 nitrogen and oxygen atoms in total. The van der Waals surface area contributed by atoms with Crippen LogP contribution < -0.4 is 0 Å². The largest absolute Gasteiger partial charge is 0.481 e. The summed E-state index contributed by atoms with van der Waals surface area (Å²) in [6.07, 6.45) is -2.29. The van der Waals surface area contributed by atoms with Gasteiger partial charge in [-0.1, -0.05) is 13.8 Å². The molecule has 0 aromatic carbocycles. The van der Waals surface area contributed by atoms with Gasteiger partial charge in [0.1, 0.15) is 0 Å². The minimum absolute atomic E-state index is 0.0451. The van der Waals surface area contributed by atoms with E-state index in [1.54, 1.807) is 13.8 Å². The van der Waals surface area contributed by atoms with Crippen molar-refractivity contribution >= 4 is 17.9 Å². The summed E-state index contributed by atoms with van der Waals surface area (Å²) in [7, 11) is 0. The number of aliphatic hydroxyl groups is 3. The zero-order valence-corrected chi connectivity index (χ0v) is 11.2. The van der Waals surface area contributed by atoms with E-state index in [0.29, 0.717) is 0 Å². The Morgan fingerprint density at radius 2 is 1.15 bits per heavy atom. The maximum Gasteiger partial charge on any atom is 0.336 e. The minimum atomic E-state index is -2.74. The molecule has 0 aliphatic heterocycles. The van der Waals surface area contributed by atoms with E-state index in [4.69, 9.17) is 30.6 Å². The third-order valence-electron chi connectivity index (χ3n) is 2.14. The summed E-state index contributed by atoms with van der Waals surface area (Å²) >= 11 is 0. The third kappa shape index (κ3) is 9.25. The van der Waals surface area contributed by atoms with E-state index in [0.717, 1.165) is 0 Å². The Hall–Kier alpha value is -1.71. The van der Waals surface area contributed by atoms with Crippen LogP contribution in [0.4, 0.5) is 0 Å². The number of carboxylic acids is 3. The van der Waals surface area contributed by atoms with Crippen molar-refractivity contribution in [1.82, 2.24) is 0 Å². The summed E-state index contributed by atoms with van der Waals surface area (Å²) in [4.78, 5) is 30.5. The van der Waals surface area contributed by atoms with Gasteiger partial charge in [0, 0.05) is 5.41 Å². The molecule has 0 saturated heterocycles. The molecule has 0 aromatic rings. The fraction of sp³-hybridized carbons (Fsp3) is 0.727. The predicted molar refractivity (Wildman–Crippen MR) is 65.0 cm³/mol. The molecule has 0 rings (SSSR count). The number of carboxylic acid groups (broad SMARTS) is 3. The minimum Gasteiger partial charge on any atom is -0.481 e. The summed E-state index contributed by atoms with van der Waals surface area (Å²) in [5.74, 6) is -5.02. The Labute approximate surface area is 115 Å². The van der Waals surface area contributed by atoms with Gasteiger partial charge in [-0.3, -0.25) is 9.59 Å². The molecule has 0 radical (unpaired) electrons. The van der Waals surface area contributed by atoms with Crippen molar-refractivity contribution in [2.75, 3.05) is 13.2 Å². The molecule has 0 bridgehead atoms. The quantitative estimate of drug-likeness (QED) is 0.335. The van der Waals surface area contributed by atoms with Crippen LogP contribution in [0.5, 0.6) is 0 Å². The molecule has 0 amide bonds. The number of aliphatic carboxylic acids is 3. The lowest BCUT2D eigenvalue weighted by atomic mass is 9.96. The third-order valence-corrected chi connectivity index (χ3v) is 2.14. The average Bonchev–Trinajstić information content (AvgIpc) is 2.27. The standard InChI is InChI=1S/C6H8O7.C5H12O2/c7-3(8)1-6(13,5(11)12)2-4(9)10;1-5(2,3-6)4-7/h13H,1-2H2,(H,7,8)(H,9,10)(H,11,12);6-7H,3-4H2,1-2H3. The van der Waals surface area contributed by atoms with Gasteiger partial charge in [0.25, 0.3) is 0 Å². The van der Waals surface area contributed by atoms with Gasteiger partial charge in [-0.15, -0.1) is 0 Å². The van der Waals surface area contributed by atoms with Gasteiger partial charge in [-0.05, 0) is 0 Å². The van der Waals surface area contributed by atoms with Crippen LogP contribution in [0.1, 0.15) is 26.7 Å². The van der Waals surface area contributed by atoms with Crippen LogP contribution in [0.2, 0.25) is 0 Å². The highest BCUT2D eigenvalue weighted by atomic mass is 16.4. The first-order valence-electron chi connectivity index (χ1n) is 5.51. The first-order chi connectivity index (χ1) is 8.90. The molecule has 0 atom stereocenters. The molecule has 0 unspecified atom stereocenters. The molecule has 0 aliphatic carbocycles. The summed E-state index contributed by atoms with van der Waals surface area (Å²) in [6.45, 7) is 3.69. The fourth-order valence-corrected chi connectivity index (χ4v) is 0.764. The van der Waals surface area contributed by atoms with Crippen LogP contribution in [0, 0.1) is 5.41 Å². The van der Waals surface area contributed by atoms with Crippen molar-refractivity contribution in [2.24, 2.45) is 5.41 Å². The van der Waals surface area contributed by atoms with Crippen molar-refractivity contribution in [3.05, 3.63) is 0 Å². The molecule has 0 saturated carbocycles. The number of rotatable bonds is 7. The van der Waals surface area contributed by atoms with Crippen molar-refractivity contribution in [3.63, 3.8) is 0 Å². The summed E-state index contributed by atoms with van der Waals surface area (Å²) in [5, 5.41) is 50.7. The van der Waals surface area contributed by atoms with Gasteiger partial charge < -0.3 is 30.6 Å². The molecule has 0 aromatic heterocycles. The van der Waals surface area contributed by atoms with Crippen LogP contribution in [0.3, 0.4) is 0 Å². The van der Waals surface area contributed by atoms with E-state index in [9.17, 15) is 14.4 Å². The van der Waals surface area contributed by atoms with Crippen molar-refractivity contribution in [3.8, 4) is 0 Å². The molecule has 9 heteroatoms. The average molecular weight is 296 g/mol. The Kier molecular flexibility index (Phi) is 8.71. The zero-order chi connectivity index (χ0) is 16.6. The highest BCUT2D eigenvalue weighted by molar-refractivity contribution is 5.88. The summed E-state index contributed by atoms with van der Waals surface area (Å²) in [6, 6.07) is 0. The predicted octanol–water partition coefficient (Wildman–Crippen LogP) is -1.25. The summed E-state index contributed by atoms with van der Waals surface area (Å²) in [5.41, 5.74) is -3.04. The number of aliphatic hydroxyl groups excluding tert-OH is 2. The SMILES string of the molecule is CC(C)(CO)CO.O=C(O)CC(O)(CC(=O)O)C(=O)O. The normalized spacial score (nSPS) is 11.2. The molecule has 0 aliphatic rings. The van der Waals surface area contributed by atoms with E-state index in [-0.39, 0.29) is 18.6 Å². The molecular formula is C11H20O9. The van der Waals surface area contributed by atoms with Gasteiger partial charge in [-0.2, -0.15) is 0 Å². The van der Waals surface area contributed by atoms with Crippen molar-refractivity contribution in [1.29, 1.82) is 0 Å². The van der Waals surface area contributed by atoms with E-state index in [2.05, 4.69) is 0 Å². The molecule has 0 spiro atoms. The Morgan fingerprint density at radius 3 is 1.25 bits per heavy atom. The highest BCUT2D eigenvalue weighted by Crippen LogP contribution is 2.15. The van der Waals surface area contributed by atoms with Crippen molar-refractivity contribution in [2.45, 2.75) is 32.3 Å². The Bertz CT molecular complexity index is 326. The van der Waals surface area contributed by atoms with Crippen LogP contribution in [-0.2, 0) is 14.4 Å². The smallest absolute Gasteiger partial charge is 0.336 e. The van der Waals surface area contributed by atoms with Crippen molar-refractivity contribution < 1.29 is 45.0 Å². The van der Waals surface area contributed by atoms with Gasteiger partial charge >= 0.3 is 17.9 Å². The molecule has 0 fully saturated rings. The first kappa shape index (κ1) is 20.6. The molecule has 6 N–H and O–H groups in total. The van der Waals surface area contributed by atoms with Gasteiger partial charge in [0.2, 0.25) is 0 Å². The fourth-order valence-electron chi connectivity index (χ4n) is 0.764. The lowest BCUT2D eigenvalue weighted by Crippen LogP contribution is -2.42. The molecular weight excluding hydrogens is 276 g/mol. The van der Waals surface area contributed by atoms with Gasteiger partial charge in [-0.25, -0.2) is 4.79 Å². The van der Waals surface area contributed by atoms with Gasteiger partial charge in [0.05, 0.1) is 26.1 Å². The van der Waals surface area contributed by atoms with Crippen LogP contribution in [-0.4, -0.2) is 67.4 Å². The van der Waals surface area contributed by atoms with E-state index in [1.165, 1.54) is 0 Å². The van der Waals surface area contributed by atoms with E-state index < -0.39 is 36.4 Å². The number of carbonyl (C=O) groups is 3. The second-order valence-corrected chi connectivity index (χ2v) is 4.96. The maximum absolute atomic E-state index is 10.3. The molecule has 0 heterocycles. The summed E-state index contributed by atoms with van der Waals surface area (Å²) < 4.78 is 0. The topological polar surface area (TPSA) is 173 Å². The second-order valence-electron chi connectivity index (χ2n) is 4.96. The first-order valence-corrected chi connectivity index (χ1v) is 5.51. The Morgan fingerprint density at radius 1 is 0.850 bits per heavy atom. The van der Waals surface area contributed by atoms with Crippen LogP contribution in [0.15, 0.2) is 0 Å². The van der Waals surface area contributed by atoms with E-state index >= 15 is 0 Å². The van der Waals surface area contributed by atoms with Crippen LogP contribution in [0.25, 0.3) is 0 Å². The van der Waals surface area contributed by atoms with Crippen LogP contribution >= 0.6 is 0 Å². The zero-order valence-electron chi connectivity index (χ0n) is 11.2. The van der Waals surface area contributed by atoms with E-state index in [1.807, 2.05) is 0 Å². The molecule has 20 heavy (non-hydrogen) atoms. The Balaban J connectivity index is 0. The monoisotopic (exact) mass is 296 g/mol. The lowest BCUT2D eigenvalue weighted by molar-refractivity contribution is -0.170. The molecule has 118 valence electrons. The second kappa shape index (κ2) is 8.46.